The zero-order chi connectivity index (χ0) is 19.5. The first-order valence-electron chi connectivity index (χ1n) is 7.65. The molecule has 0 saturated heterocycles. The normalized spacial score (nSPS) is 12.5. The van der Waals surface area contributed by atoms with Gasteiger partial charge in [0.25, 0.3) is 5.91 Å². The molecule has 0 saturated carbocycles. The summed E-state index contributed by atoms with van der Waals surface area (Å²) < 4.78 is 0. The van der Waals surface area contributed by atoms with Crippen molar-refractivity contribution in [3.05, 3.63) is 33.8 Å². The smallest absolute Gasteiger partial charge is 0.308 e. The fraction of sp³-hybridized carbons (Fsp3) is 0.375. The van der Waals surface area contributed by atoms with E-state index in [-0.39, 0.29) is 27.3 Å². The molecular weight excluding hydrogens is 399 g/mol. The Bertz CT molecular complexity index is 800. The number of rotatable bonds is 6. The lowest BCUT2D eigenvalue weighted by molar-refractivity contribution is -0.144. The van der Waals surface area contributed by atoms with Gasteiger partial charge in [-0.3, -0.25) is 14.9 Å². The lowest BCUT2D eigenvalue weighted by atomic mass is 9.81. The molecule has 0 bridgehead atoms. The molecule has 0 fully saturated rings. The highest BCUT2D eigenvalue weighted by Gasteiger charge is 2.31. The van der Waals surface area contributed by atoms with Crippen molar-refractivity contribution in [1.29, 1.82) is 0 Å². The third kappa shape index (κ3) is 5.06. The van der Waals surface area contributed by atoms with Gasteiger partial charge in [0, 0.05) is 6.54 Å². The van der Waals surface area contributed by atoms with Crippen LogP contribution in [0.4, 0.5) is 10.3 Å². The maximum atomic E-state index is 12.3. The number of benzene rings is 1. The van der Waals surface area contributed by atoms with Gasteiger partial charge >= 0.3 is 5.97 Å². The molecule has 1 aromatic carbocycles. The third-order valence-electron chi connectivity index (χ3n) is 3.64. The van der Waals surface area contributed by atoms with Crippen molar-refractivity contribution < 1.29 is 14.7 Å². The average Bonchev–Trinajstić information content (AvgIpc) is 2.92. The van der Waals surface area contributed by atoms with Gasteiger partial charge < -0.3 is 10.4 Å². The molecule has 0 aliphatic heterocycles. The summed E-state index contributed by atoms with van der Waals surface area (Å²) in [7, 11) is 0. The summed E-state index contributed by atoms with van der Waals surface area (Å²) in [6, 6.07) is 4.77. The first-order valence-corrected chi connectivity index (χ1v) is 9.22. The highest BCUT2D eigenvalue weighted by Crippen LogP contribution is 2.29. The Morgan fingerprint density at radius 1 is 1.19 bits per heavy atom. The number of nitrogens with zero attached hydrogens (tertiary/aromatic N) is 2. The molecule has 0 aliphatic rings. The molecule has 0 spiro atoms. The number of amides is 1. The fourth-order valence-corrected chi connectivity index (χ4v) is 3.39. The third-order valence-corrected chi connectivity index (χ3v) is 5.06. The number of hydrogen-bond acceptors (Lipinski definition) is 6. The number of anilines is 2. The molecule has 1 aromatic heterocycles. The zero-order valence-electron chi connectivity index (χ0n) is 14.3. The Morgan fingerprint density at radius 3 is 2.31 bits per heavy atom. The molecule has 10 heteroatoms. The topological polar surface area (TPSA) is 104 Å². The van der Waals surface area contributed by atoms with E-state index in [0.717, 1.165) is 11.3 Å². The van der Waals surface area contributed by atoms with Gasteiger partial charge in [-0.15, -0.1) is 10.2 Å². The second-order valence-electron chi connectivity index (χ2n) is 6.60. The zero-order valence-corrected chi connectivity index (χ0v) is 16.7. The summed E-state index contributed by atoms with van der Waals surface area (Å²) in [5.41, 5.74) is -0.263. The molecule has 1 heterocycles. The molecular formula is C16H18Cl2N4O3S. The molecule has 2 aromatic rings. The number of carbonyl (C=O) groups is 2. The Balaban J connectivity index is 2.04. The van der Waals surface area contributed by atoms with E-state index >= 15 is 0 Å². The van der Waals surface area contributed by atoms with Crippen LogP contribution in [-0.2, 0) is 4.79 Å². The van der Waals surface area contributed by atoms with Gasteiger partial charge in [-0.05, 0) is 17.5 Å². The van der Waals surface area contributed by atoms with Crippen LogP contribution >= 0.6 is 34.5 Å². The number of carboxylic acid groups (broad SMARTS) is 1. The molecule has 7 nitrogen and oxygen atoms in total. The number of halogens is 2. The maximum Gasteiger partial charge on any atom is 0.308 e. The Kier molecular flexibility index (Phi) is 6.44. The van der Waals surface area contributed by atoms with E-state index < -0.39 is 23.2 Å². The lowest BCUT2D eigenvalue weighted by Gasteiger charge is -2.26. The van der Waals surface area contributed by atoms with Crippen LogP contribution in [0, 0.1) is 11.3 Å². The SMILES string of the molecule is CC(C)(C)C(CNc1nnc(NC(=O)c2c(Cl)cccc2Cl)s1)C(=O)O. The number of aliphatic carboxylic acids is 1. The van der Waals surface area contributed by atoms with Crippen LogP contribution in [0.15, 0.2) is 18.2 Å². The quantitative estimate of drug-likeness (QED) is 0.649. The van der Waals surface area contributed by atoms with Gasteiger partial charge in [-0.1, -0.05) is 61.4 Å². The summed E-state index contributed by atoms with van der Waals surface area (Å²) in [6.07, 6.45) is 0. The standard InChI is InChI=1S/C16H18Cl2N4O3S/c1-16(2,3)8(13(24)25)7-19-14-21-22-15(26-14)20-12(23)11-9(17)5-4-6-10(11)18/h4-6,8H,7H2,1-3H3,(H,19,21)(H,24,25)(H,20,22,23). The fourth-order valence-electron chi connectivity index (χ4n) is 2.17. The molecule has 140 valence electrons. The van der Waals surface area contributed by atoms with Crippen LogP contribution < -0.4 is 10.6 Å². The highest BCUT2D eigenvalue weighted by molar-refractivity contribution is 7.19. The molecule has 0 radical (unpaired) electrons. The van der Waals surface area contributed by atoms with E-state index in [1.165, 1.54) is 0 Å². The van der Waals surface area contributed by atoms with E-state index in [4.69, 9.17) is 23.2 Å². The lowest BCUT2D eigenvalue weighted by Crippen LogP contribution is -2.34. The maximum absolute atomic E-state index is 12.3. The van der Waals surface area contributed by atoms with Crippen molar-refractivity contribution in [2.75, 3.05) is 17.2 Å². The van der Waals surface area contributed by atoms with E-state index in [2.05, 4.69) is 20.8 Å². The minimum Gasteiger partial charge on any atom is -0.481 e. The van der Waals surface area contributed by atoms with E-state index in [1.54, 1.807) is 18.2 Å². The van der Waals surface area contributed by atoms with Gasteiger partial charge in [0.15, 0.2) is 0 Å². The van der Waals surface area contributed by atoms with Crippen LogP contribution in [0.2, 0.25) is 10.0 Å². The van der Waals surface area contributed by atoms with E-state index in [0.29, 0.717) is 5.13 Å². The van der Waals surface area contributed by atoms with Gasteiger partial charge in [-0.2, -0.15) is 0 Å². The summed E-state index contributed by atoms with van der Waals surface area (Å²) in [6.45, 7) is 5.75. The Hall–Kier alpha value is -1.90. The second-order valence-corrected chi connectivity index (χ2v) is 8.39. The van der Waals surface area contributed by atoms with E-state index in [9.17, 15) is 14.7 Å². The largest absolute Gasteiger partial charge is 0.481 e. The van der Waals surface area contributed by atoms with Crippen molar-refractivity contribution in [2.24, 2.45) is 11.3 Å². The molecule has 26 heavy (non-hydrogen) atoms. The molecule has 0 aliphatic carbocycles. The highest BCUT2D eigenvalue weighted by atomic mass is 35.5. The summed E-state index contributed by atoms with van der Waals surface area (Å²) in [5.74, 6) is -2.00. The first kappa shape index (κ1) is 20.4. The summed E-state index contributed by atoms with van der Waals surface area (Å²) >= 11 is 13.1. The molecule has 2 rings (SSSR count). The second kappa shape index (κ2) is 8.20. The number of carbonyl (C=O) groups excluding carboxylic acids is 1. The van der Waals surface area contributed by atoms with Crippen LogP contribution in [0.1, 0.15) is 31.1 Å². The Labute approximate surface area is 164 Å². The minimum atomic E-state index is -0.892. The predicted molar refractivity (Wildman–Crippen MR) is 103 cm³/mol. The van der Waals surface area contributed by atoms with E-state index in [1.807, 2.05) is 20.8 Å². The molecule has 1 atom stereocenters. The van der Waals surface area contributed by atoms with Gasteiger partial charge in [-0.25, -0.2) is 0 Å². The summed E-state index contributed by atoms with van der Waals surface area (Å²) in [4.78, 5) is 23.7. The van der Waals surface area contributed by atoms with Crippen molar-refractivity contribution >= 4 is 56.7 Å². The number of hydrogen-bond donors (Lipinski definition) is 3. The van der Waals surface area contributed by atoms with Crippen molar-refractivity contribution in [2.45, 2.75) is 20.8 Å². The minimum absolute atomic E-state index is 0.152. The molecule has 1 unspecified atom stereocenters. The predicted octanol–water partition coefficient (Wildman–Crippen LogP) is 4.26. The summed E-state index contributed by atoms with van der Waals surface area (Å²) in [5, 5.41) is 23.7. The van der Waals surface area contributed by atoms with Crippen LogP contribution in [0.25, 0.3) is 0 Å². The van der Waals surface area contributed by atoms with Crippen LogP contribution in [0.3, 0.4) is 0 Å². The van der Waals surface area contributed by atoms with Crippen molar-refractivity contribution in [3.63, 3.8) is 0 Å². The molecule has 1 amide bonds. The Morgan fingerprint density at radius 2 is 1.77 bits per heavy atom. The van der Waals surface area contributed by atoms with Crippen molar-refractivity contribution in [1.82, 2.24) is 10.2 Å². The number of carboxylic acids is 1. The van der Waals surface area contributed by atoms with Crippen LogP contribution in [-0.4, -0.2) is 33.7 Å². The first-order chi connectivity index (χ1) is 12.1. The number of nitrogens with one attached hydrogen (secondary N) is 2. The number of aromatic nitrogens is 2. The van der Waals surface area contributed by atoms with Gasteiger partial charge in [0.05, 0.1) is 21.5 Å². The van der Waals surface area contributed by atoms with Crippen LogP contribution in [0.5, 0.6) is 0 Å². The van der Waals surface area contributed by atoms with Crippen molar-refractivity contribution in [3.8, 4) is 0 Å². The average molecular weight is 417 g/mol. The molecule has 3 N–H and O–H groups in total. The monoisotopic (exact) mass is 416 g/mol. The van der Waals surface area contributed by atoms with Gasteiger partial charge in [0.2, 0.25) is 10.3 Å². The van der Waals surface area contributed by atoms with Gasteiger partial charge in [0.1, 0.15) is 0 Å².